The van der Waals surface area contributed by atoms with E-state index in [-0.39, 0.29) is 17.9 Å². The van der Waals surface area contributed by atoms with Crippen LogP contribution in [-0.2, 0) is 4.79 Å². The summed E-state index contributed by atoms with van der Waals surface area (Å²) in [5.74, 6) is -0.922. The molecular weight excluding hydrogens is 362 g/mol. The molecule has 1 saturated carbocycles. The summed E-state index contributed by atoms with van der Waals surface area (Å²) >= 11 is 3.42. The molecule has 1 aliphatic carbocycles. The molecule has 0 radical (unpaired) electrons. The van der Waals surface area contributed by atoms with Crippen LogP contribution in [0.1, 0.15) is 41.8 Å². The van der Waals surface area contributed by atoms with Gasteiger partial charge < -0.3 is 14.8 Å². The van der Waals surface area contributed by atoms with E-state index in [1.807, 2.05) is 25.1 Å². The van der Waals surface area contributed by atoms with E-state index >= 15 is 0 Å². The first-order valence-electron chi connectivity index (χ1n) is 7.68. The highest BCUT2D eigenvalue weighted by atomic mass is 79.9. The zero-order valence-corrected chi connectivity index (χ0v) is 14.4. The van der Waals surface area contributed by atoms with Crippen molar-refractivity contribution >= 4 is 38.8 Å². The van der Waals surface area contributed by atoms with Crippen molar-refractivity contribution < 1.29 is 19.1 Å². The molecule has 1 aromatic carbocycles. The predicted molar refractivity (Wildman–Crippen MR) is 89.5 cm³/mol. The van der Waals surface area contributed by atoms with Crippen LogP contribution in [0.4, 0.5) is 0 Å². The molecule has 6 heteroatoms. The number of hydrogen-bond donors (Lipinski definition) is 2. The number of carboxylic acids is 1. The van der Waals surface area contributed by atoms with Gasteiger partial charge in [0.1, 0.15) is 5.58 Å². The van der Waals surface area contributed by atoms with E-state index in [2.05, 4.69) is 21.2 Å². The lowest BCUT2D eigenvalue weighted by atomic mass is 9.86. The SMILES string of the molecule is Cc1c(C(=O)NC2CCC(C(=O)O)CC2)oc2ccc(Br)cc12. The summed E-state index contributed by atoms with van der Waals surface area (Å²) in [5.41, 5.74) is 1.50. The van der Waals surface area contributed by atoms with Crippen molar-refractivity contribution in [1.29, 1.82) is 0 Å². The zero-order valence-electron chi connectivity index (χ0n) is 12.8. The molecule has 122 valence electrons. The molecule has 1 amide bonds. The number of rotatable bonds is 3. The van der Waals surface area contributed by atoms with Crippen LogP contribution in [0, 0.1) is 12.8 Å². The minimum Gasteiger partial charge on any atom is -0.481 e. The van der Waals surface area contributed by atoms with Crippen LogP contribution in [0.15, 0.2) is 27.1 Å². The molecule has 1 fully saturated rings. The number of aliphatic carboxylic acids is 1. The molecule has 0 saturated heterocycles. The number of benzene rings is 1. The van der Waals surface area contributed by atoms with Gasteiger partial charge in [-0.1, -0.05) is 15.9 Å². The lowest BCUT2D eigenvalue weighted by Crippen LogP contribution is -2.38. The monoisotopic (exact) mass is 379 g/mol. The molecular formula is C17H18BrNO4. The minimum atomic E-state index is -0.742. The van der Waals surface area contributed by atoms with Crippen molar-refractivity contribution in [3.63, 3.8) is 0 Å². The van der Waals surface area contributed by atoms with Gasteiger partial charge in [-0.05, 0) is 50.8 Å². The van der Waals surface area contributed by atoms with Gasteiger partial charge in [0, 0.05) is 21.5 Å². The first kappa shape index (κ1) is 16.1. The third-order valence-electron chi connectivity index (χ3n) is 4.52. The lowest BCUT2D eigenvalue weighted by Gasteiger charge is -2.26. The van der Waals surface area contributed by atoms with Gasteiger partial charge in [0.15, 0.2) is 5.76 Å². The number of carbonyl (C=O) groups excluding carboxylic acids is 1. The van der Waals surface area contributed by atoms with Gasteiger partial charge in [-0.2, -0.15) is 0 Å². The summed E-state index contributed by atoms with van der Waals surface area (Å²) < 4.78 is 6.63. The molecule has 0 spiro atoms. The largest absolute Gasteiger partial charge is 0.481 e. The van der Waals surface area contributed by atoms with Crippen molar-refractivity contribution in [3.05, 3.63) is 34.0 Å². The van der Waals surface area contributed by atoms with Gasteiger partial charge in [-0.15, -0.1) is 0 Å². The number of fused-ring (bicyclic) bond motifs is 1. The molecule has 1 aliphatic rings. The third-order valence-corrected chi connectivity index (χ3v) is 5.01. The van der Waals surface area contributed by atoms with Crippen LogP contribution in [0.3, 0.4) is 0 Å². The maximum absolute atomic E-state index is 12.5. The highest BCUT2D eigenvalue weighted by Crippen LogP contribution is 2.29. The highest BCUT2D eigenvalue weighted by molar-refractivity contribution is 9.10. The molecule has 3 rings (SSSR count). The normalized spacial score (nSPS) is 21.3. The fraction of sp³-hybridized carbons (Fsp3) is 0.412. The van der Waals surface area contributed by atoms with E-state index < -0.39 is 5.97 Å². The minimum absolute atomic E-state index is 0.0115. The second-order valence-corrected chi connectivity index (χ2v) is 6.97. The average Bonchev–Trinajstić information content (AvgIpc) is 2.85. The molecule has 5 nitrogen and oxygen atoms in total. The molecule has 1 heterocycles. The van der Waals surface area contributed by atoms with E-state index in [9.17, 15) is 9.59 Å². The number of furan rings is 1. The van der Waals surface area contributed by atoms with Crippen LogP contribution in [0.5, 0.6) is 0 Å². The van der Waals surface area contributed by atoms with E-state index in [1.165, 1.54) is 0 Å². The number of carbonyl (C=O) groups is 2. The molecule has 0 atom stereocenters. The smallest absolute Gasteiger partial charge is 0.306 e. The van der Waals surface area contributed by atoms with Gasteiger partial charge in [0.25, 0.3) is 5.91 Å². The number of amides is 1. The van der Waals surface area contributed by atoms with Crippen LogP contribution in [0.2, 0.25) is 0 Å². The van der Waals surface area contributed by atoms with Gasteiger partial charge in [0.2, 0.25) is 0 Å². The molecule has 2 N–H and O–H groups in total. The Morgan fingerprint density at radius 2 is 1.96 bits per heavy atom. The maximum Gasteiger partial charge on any atom is 0.306 e. The van der Waals surface area contributed by atoms with Gasteiger partial charge >= 0.3 is 5.97 Å². The fourth-order valence-corrected chi connectivity index (χ4v) is 3.51. The Hall–Kier alpha value is -1.82. The van der Waals surface area contributed by atoms with Crippen molar-refractivity contribution in [2.45, 2.75) is 38.6 Å². The molecule has 0 unspecified atom stereocenters. The van der Waals surface area contributed by atoms with Crippen molar-refractivity contribution in [2.75, 3.05) is 0 Å². The van der Waals surface area contributed by atoms with Crippen molar-refractivity contribution in [3.8, 4) is 0 Å². The Morgan fingerprint density at radius 1 is 1.26 bits per heavy atom. The van der Waals surface area contributed by atoms with E-state index in [4.69, 9.17) is 9.52 Å². The number of nitrogens with one attached hydrogen (secondary N) is 1. The van der Waals surface area contributed by atoms with E-state index in [0.29, 0.717) is 37.0 Å². The summed E-state index contributed by atoms with van der Waals surface area (Å²) in [7, 11) is 0. The number of carboxylic acid groups (broad SMARTS) is 1. The summed E-state index contributed by atoms with van der Waals surface area (Å²) in [4.78, 5) is 23.4. The predicted octanol–water partition coefficient (Wildman–Crippen LogP) is 3.88. The Balaban J connectivity index is 1.72. The average molecular weight is 380 g/mol. The number of hydrogen-bond acceptors (Lipinski definition) is 3. The summed E-state index contributed by atoms with van der Waals surface area (Å²) in [6.45, 7) is 1.87. The van der Waals surface area contributed by atoms with Crippen molar-refractivity contribution in [2.24, 2.45) is 5.92 Å². The van der Waals surface area contributed by atoms with Crippen LogP contribution in [-0.4, -0.2) is 23.0 Å². The highest BCUT2D eigenvalue weighted by Gasteiger charge is 2.28. The first-order chi connectivity index (χ1) is 11.0. The van der Waals surface area contributed by atoms with E-state index in [0.717, 1.165) is 15.4 Å². The molecule has 2 aromatic rings. The standard InChI is InChI=1S/C17H18BrNO4/c1-9-13-8-11(18)4-7-14(13)23-15(9)16(20)19-12-5-2-10(3-6-12)17(21)22/h4,7-8,10,12H,2-3,5-6H2,1H3,(H,19,20)(H,21,22). The lowest BCUT2D eigenvalue weighted by molar-refractivity contribution is -0.142. The van der Waals surface area contributed by atoms with Gasteiger partial charge in [-0.25, -0.2) is 0 Å². The molecule has 0 aliphatic heterocycles. The molecule has 0 bridgehead atoms. The first-order valence-corrected chi connectivity index (χ1v) is 8.47. The zero-order chi connectivity index (χ0) is 16.6. The second-order valence-electron chi connectivity index (χ2n) is 6.06. The quantitative estimate of drug-likeness (QED) is 0.847. The molecule has 1 aromatic heterocycles. The van der Waals surface area contributed by atoms with Crippen LogP contribution >= 0.6 is 15.9 Å². The summed E-state index contributed by atoms with van der Waals surface area (Å²) in [5, 5.41) is 12.9. The number of aryl methyl sites for hydroxylation is 1. The third kappa shape index (κ3) is 3.27. The Bertz CT molecular complexity index is 759. The molecule has 23 heavy (non-hydrogen) atoms. The second kappa shape index (κ2) is 6.35. The fourth-order valence-electron chi connectivity index (χ4n) is 3.15. The summed E-state index contributed by atoms with van der Waals surface area (Å²) in [6.07, 6.45) is 2.58. The van der Waals surface area contributed by atoms with Crippen LogP contribution < -0.4 is 5.32 Å². The Labute approximate surface area is 142 Å². The van der Waals surface area contributed by atoms with Crippen LogP contribution in [0.25, 0.3) is 11.0 Å². The van der Waals surface area contributed by atoms with Gasteiger partial charge in [0.05, 0.1) is 5.92 Å². The van der Waals surface area contributed by atoms with E-state index in [1.54, 1.807) is 0 Å². The van der Waals surface area contributed by atoms with Gasteiger partial charge in [-0.3, -0.25) is 9.59 Å². The van der Waals surface area contributed by atoms with Crippen molar-refractivity contribution in [1.82, 2.24) is 5.32 Å². The maximum atomic E-state index is 12.5. The Morgan fingerprint density at radius 3 is 2.61 bits per heavy atom. The Kier molecular flexibility index (Phi) is 4.43. The number of halogens is 1. The topological polar surface area (TPSA) is 79.5 Å². The summed E-state index contributed by atoms with van der Waals surface area (Å²) in [6, 6.07) is 5.65.